The molecule has 1 aliphatic rings. The quantitative estimate of drug-likeness (QED) is 0.646. The Bertz CT molecular complexity index is 423. The Hall–Kier alpha value is -1.17. The number of hydrogen-bond donors (Lipinski definition) is 1. The van der Waals surface area contributed by atoms with Gasteiger partial charge in [0.2, 0.25) is 5.91 Å². The summed E-state index contributed by atoms with van der Waals surface area (Å²) in [4.78, 5) is 15.1. The van der Waals surface area contributed by atoms with Crippen LogP contribution in [0.2, 0.25) is 0 Å². The summed E-state index contributed by atoms with van der Waals surface area (Å²) in [6, 6.07) is 3.99. The summed E-state index contributed by atoms with van der Waals surface area (Å²) in [5.41, 5.74) is 5.44. The van der Waals surface area contributed by atoms with Crippen molar-refractivity contribution in [3.05, 3.63) is 28.5 Å². The molecule has 0 bridgehead atoms. The number of carbonyl (C=O) groups excluding carboxylic acids is 1. The predicted octanol–water partition coefficient (Wildman–Crippen LogP) is 2.12. The average molecular weight is 294 g/mol. The fraction of sp³-hybridized carbons (Fsp3) is 0.533. The predicted molar refractivity (Wildman–Crippen MR) is 82.6 cm³/mol. The van der Waals surface area contributed by atoms with E-state index in [1.54, 1.807) is 17.4 Å². The topological polar surface area (TPSA) is 55.6 Å². The number of ether oxygens (including phenoxy) is 1. The molecule has 0 unspecified atom stereocenters. The van der Waals surface area contributed by atoms with Gasteiger partial charge >= 0.3 is 0 Å². The molecule has 2 heterocycles. The Morgan fingerprint density at radius 2 is 2.30 bits per heavy atom. The highest BCUT2D eigenvalue weighted by molar-refractivity contribution is 7.10. The molecule has 2 rings (SSSR count). The number of piperidine rings is 1. The van der Waals surface area contributed by atoms with Crippen LogP contribution in [0.25, 0.3) is 6.08 Å². The second-order valence-electron chi connectivity index (χ2n) is 4.89. The van der Waals surface area contributed by atoms with Crippen LogP contribution in [0.3, 0.4) is 0 Å². The normalized spacial score (nSPS) is 16.9. The zero-order chi connectivity index (χ0) is 14.2. The summed E-state index contributed by atoms with van der Waals surface area (Å²) >= 11 is 1.64. The van der Waals surface area contributed by atoms with Gasteiger partial charge in [-0.3, -0.25) is 4.79 Å². The molecule has 1 aromatic heterocycles. The molecule has 0 aromatic carbocycles. The van der Waals surface area contributed by atoms with Gasteiger partial charge in [0.05, 0.1) is 6.10 Å². The highest BCUT2D eigenvalue weighted by atomic mass is 32.1. The zero-order valence-electron chi connectivity index (χ0n) is 11.7. The molecule has 1 fully saturated rings. The van der Waals surface area contributed by atoms with E-state index in [1.807, 2.05) is 28.5 Å². The summed E-state index contributed by atoms with van der Waals surface area (Å²) < 4.78 is 5.74. The molecular weight excluding hydrogens is 272 g/mol. The zero-order valence-corrected chi connectivity index (χ0v) is 12.5. The van der Waals surface area contributed by atoms with Crippen LogP contribution in [-0.4, -0.2) is 43.2 Å². The molecule has 0 radical (unpaired) electrons. The molecule has 4 nitrogen and oxygen atoms in total. The summed E-state index contributed by atoms with van der Waals surface area (Å²) in [5, 5.41) is 2.01. The summed E-state index contributed by atoms with van der Waals surface area (Å²) in [7, 11) is 0. The van der Waals surface area contributed by atoms with Crippen molar-refractivity contribution in [1.29, 1.82) is 0 Å². The standard InChI is InChI=1S/C15H22N2O2S/c16-8-2-11-19-13-6-9-17(10-7-13)15(18)5-4-14-3-1-12-20-14/h1,3-5,12-13H,2,6-11,16H2. The molecule has 1 aromatic rings. The lowest BCUT2D eigenvalue weighted by Gasteiger charge is -2.31. The van der Waals surface area contributed by atoms with Crippen LogP contribution in [0.5, 0.6) is 0 Å². The molecule has 110 valence electrons. The minimum absolute atomic E-state index is 0.0961. The molecule has 2 N–H and O–H groups in total. The van der Waals surface area contributed by atoms with Crippen LogP contribution in [0.4, 0.5) is 0 Å². The van der Waals surface area contributed by atoms with Crippen LogP contribution in [0.15, 0.2) is 23.6 Å². The molecule has 0 spiro atoms. The van der Waals surface area contributed by atoms with Crippen molar-refractivity contribution in [2.45, 2.75) is 25.4 Å². The van der Waals surface area contributed by atoms with Crippen LogP contribution in [0, 0.1) is 0 Å². The Balaban J connectivity index is 1.71. The van der Waals surface area contributed by atoms with E-state index in [2.05, 4.69) is 0 Å². The maximum absolute atomic E-state index is 12.0. The molecule has 0 aliphatic carbocycles. The number of nitrogens with zero attached hydrogens (tertiary/aromatic N) is 1. The highest BCUT2D eigenvalue weighted by Crippen LogP contribution is 2.15. The maximum atomic E-state index is 12.0. The summed E-state index contributed by atoms with van der Waals surface area (Å²) in [6.45, 7) is 2.96. The van der Waals surface area contributed by atoms with E-state index in [1.165, 1.54) is 0 Å². The lowest BCUT2D eigenvalue weighted by molar-refractivity contribution is -0.128. The van der Waals surface area contributed by atoms with Gasteiger partial charge in [0, 0.05) is 30.6 Å². The van der Waals surface area contributed by atoms with Crippen LogP contribution >= 0.6 is 11.3 Å². The first kappa shape index (κ1) is 15.2. The van der Waals surface area contributed by atoms with Crippen molar-refractivity contribution >= 4 is 23.3 Å². The Morgan fingerprint density at radius 3 is 2.95 bits per heavy atom. The third-order valence-corrected chi connectivity index (χ3v) is 4.23. The van der Waals surface area contributed by atoms with Crippen LogP contribution in [-0.2, 0) is 9.53 Å². The molecular formula is C15H22N2O2S. The van der Waals surface area contributed by atoms with E-state index in [0.29, 0.717) is 6.54 Å². The fourth-order valence-corrected chi connectivity index (χ4v) is 2.84. The third-order valence-electron chi connectivity index (χ3n) is 3.39. The van der Waals surface area contributed by atoms with Crippen molar-refractivity contribution in [2.75, 3.05) is 26.2 Å². The monoisotopic (exact) mass is 294 g/mol. The lowest BCUT2D eigenvalue weighted by Crippen LogP contribution is -2.40. The van der Waals surface area contributed by atoms with Gasteiger partial charge in [0.25, 0.3) is 0 Å². The largest absolute Gasteiger partial charge is 0.378 e. The van der Waals surface area contributed by atoms with Gasteiger partial charge < -0.3 is 15.4 Å². The number of carbonyl (C=O) groups is 1. The van der Waals surface area contributed by atoms with Gasteiger partial charge in [-0.1, -0.05) is 6.07 Å². The summed E-state index contributed by atoms with van der Waals surface area (Å²) in [5.74, 6) is 0.0961. The van der Waals surface area contributed by atoms with Crippen molar-refractivity contribution < 1.29 is 9.53 Å². The smallest absolute Gasteiger partial charge is 0.246 e. The van der Waals surface area contributed by atoms with Crippen molar-refractivity contribution in [3.8, 4) is 0 Å². The minimum atomic E-state index is 0.0961. The summed E-state index contributed by atoms with van der Waals surface area (Å²) in [6.07, 6.45) is 6.58. The number of likely N-dealkylation sites (tertiary alicyclic amines) is 1. The molecule has 20 heavy (non-hydrogen) atoms. The number of nitrogens with two attached hydrogens (primary N) is 1. The lowest BCUT2D eigenvalue weighted by atomic mass is 10.1. The van der Waals surface area contributed by atoms with Gasteiger partial charge in [0.15, 0.2) is 0 Å². The van der Waals surface area contributed by atoms with Gasteiger partial charge in [-0.2, -0.15) is 0 Å². The van der Waals surface area contributed by atoms with E-state index in [4.69, 9.17) is 10.5 Å². The van der Waals surface area contributed by atoms with Gasteiger partial charge in [-0.05, 0) is 43.3 Å². The second-order valence-corrected chi connectivity index (χ2v) is 5.87. The first-order valence-electron chi connectivity index (χ1n) is 7.12. The number of rotatable bonds is 6. The second kappa shape index (κ2) is 8.19. The number of amides is 1. The fourth-order valence-electron chi connectivity index (χ4n) is 2.22. The van der Waals surface area contributed by atoms with Crippen molar-refractivity contribution in [2.24, 2.45) is 5.73 Å². The van der Waals surface area contributed by atoms with Crippen LogP contribution in [0.1, 0.15) is 24.1 Å². The van der Waals surface area contributed by atoms with Crippen molar-refractivity contribution in [3.63, 3.8) is 0 Å². The van der Waals surface area contributed by atoms with E-state index >= 15 is 0 Å². The molecule has 1 aliphatic heterocycles. The molecule has 5 heteroatoms. The van der Waals surface area contributed by atoms with E-state index in [-0.39, 0.29) is 12.0 Å². The molecule has 0 atom stereocenters. The Labute approximate surface area is 124 Å². The number of hydrogen-bond acceptors (Lipinski definition) is 4. The first-order chi connectivity index (χ1) is 9.79. The Kier molecular flexibility index (Phi) is 6.24. The Morgan fingerprint density at radius 1 is 1.50 bits per heavy atom. The number of thiophene rings is 1. The maximum Gasteiger partial charge on any atom is 0.246 e. The van der Waals surface area contributed by atoms with Gasteiger partial charge in [-0.25, -0.2) is 0 Å². The van der Waals surface area contributed by atoms with E-state index in [0.717, 1.165) is 43.8 Å². The average Bonchev–Trinajstić information content (AvgIpc) is 2.99. The van der Waals surface area contributed by atoms with E-state index in [9.17, 15) is 4.79 Å². The first-order valence-corrected chi connectivity index (χ1v) is 7.99. The van der Waals surface area contributed by atoms with Gasteiger partial charge in [-0.15, -0.1) is 11.3 Å². The molecule has 1 saturated heterocycles. The molecule has 0 saturated carbocycles. The highest BCUT2D eigenvalue weighted by Gasteiger charge is 2.21. The van der Waals surface area contributed by atoms with E-state index < -0.39 is 0 Å². The SMILES string of the molecule is NCCCOC1CCN(C(=O)C=Cc2cccs2)CC1. The minimum Gasteiger partial charge on any atom is -0.378 e. The molecule has 1 amide bonds. The van der Waals surface area contributed by atoms with Crippen molar-refractivity contribution in [1.82, 2.24) is 4.90 Å². The van der Waals surface area contributed by atoms with Gasteiger partial charge in [0.1, 0.15) is 0 Å². The third kappa shape index (κ3) is 4.74. The van der Waals surface area contributed by atoms with Crippen LogP contribution < -0.4 is 5.73 Å².